The van der Waals surface area contributed by atoms with E-state index in [1.807, 2.05) is 0 Å². The van der Waals surface area contributed by atoms with Crippen molar-refractivity contribution in [1.29, 1.82) is 0 Å². The highest BCUT2D eigenvalue weighted by atomic mass is 35.5. The van der Waals surface area contributed by atoms with Gasteiger partial charge in [0.15, 0.2) is 0 Å². The number of methoxy groups -OCH3 is 1. The van der Waals surface area contributed by atoms with E-state index in [1.165, 1.54) is 7.11 Å². The molecule has 0 aliphatic heterocycles. The van der Waals surface area contributed by atoms with Gasteiger partial charge < -0.3 is 10.5 Å². The molecule has 0 radical (unpaired) electrons. The van der Waals surface area contributed by atoms with Crippen LogP contribution >= 0.6 is 12.4 Å². The first kappa shape index (κ1) is 11.7. The molecule has 0 amide bonds. The average Bonchev–Trinajstić information content (AvgIpc) is 2.37. The molecule has 0 bridgehead atoms. The summed E-state index contributed by atoms with van der Waals surface area (Å²) in [6.45, 7) is 0. The van der Waals surface area contributed by atoms with Gasteiger partial charge in [-0.3, -0.25) is 4.79 Å². The average molecular weight is 194 g/mol. The standard InChI is InChI=1S/C8H15NO2.ClH/c1-11-8(10)5-6-3-2-4-7(6)9;/h6-7H,2-5,9H2,1H3;1H/t6-,7+;/m0./s1. The summed E-state index contributed by atoms with van der Waals surface area (Å²) >= 11 is 0. The first-order valence-electron chi connectivity index (χ1n) is 4.06. The Hall–Kier alpha value is -0.280. The predicted molar refractivity (Wildman–Crippen MR) is 49.2 cm³/mol. The van der Waals surface area contributed by atoms with Crippen LogP contribution in [0.1, 0.15) is 25.7 Å². The Labute approximate surface area is 79.1 Å². The van der Waals surface area contributed by atoms with Crippen LogP contribution in [0.25, 0.3) is 0 Å². The quantitative estimate of drug-likeness (QED) is 0.669. The number of carbonyl (C=O) groups excluding carboxylic acids is 1. The third-order valence-electron chi connectivity index (χ3n) is 2.37. The van der Waals surface area contributed by atoms with E-state index in [0.29, 0.717) is 12.3 Å². The van der Waals surface area contributed by atoms with Gasteiger partial charge in [-0.1, -0.05) is 6.42 Å². The van der Waals surface area contributed by atoms with Gasteiger partial charge >= 0.3 is 5.97 Å². The fraction of sp³-hybridized carbons (Fsp3) is 0.875. The van der Waals surface area contributed by atoms with Gasteiger partial charge in [0.2, 0.25) is 0 Å². The van der Waals surface area contributed by atoms with Crippen molar-refractivity contribution in [1.82, 2.24) is 0 Å². The number of ether oxygens (including phenoxy) is 1. The molecule has 0 aromatic rings. The third kappa shape index (κ3) is 2.99. The number of carbonyl (C=O) groups is 1. The number of rotatable bonds is 2. The molecule has 0 unspecified atom stereocenters. The first-order chi connectivity index (χ1) is 5.24. The van der Waals surface area contributed by atoms with E-state index in [9.17, 15) is 4.79 Å². The van der Waals surface area contributed by atoms with Gasteiger partial charge in [0.25, 0.3) is 0 Å². The maximum atomic E-state index is 10.8. The zero-order valence-electron chi connectivity index (χ0n) is 7.29. The van der Waals surface area contributed by atoms with E-state index in [0.717, 1.165) is 19.3 Å². The molecule has 72 valence electrons. The van der Waals surface area contributed by atoms with Crippen molar-refractivity contribution < 1.29 is 9.53 Å². The van der Waals surface area contributed by atoms with Gasteiger partial charge in [-0.15, -0.1) is 12.4 Å². The zero-order chi connectivity index (χ0) is 8.27. The molecule has 0 saturated heterocycles. The molecule has 1 aliphatic carbocycles. The second-order valence-electron chi connectivity index (χ2n) is 3.14. The smallest absolute Gasteiger partial charge is 0.305 e. The first-order valence-corrected chi connectivity index (χ1v) is 4.06. The molecule has 4 heteroatoms. The topological polar surface area (TPSA) is 52.3 Å². The van der Waals surface area contributed by atoms with E-state index >= 15 is 0 Å². The van der Waals surface area contributed by atoms with Crippen LogP contribution in [0, 0.1) is 5.92 Å². The van der Waals surface area contributed by atoms with Crippen molar-refractivity contribution in [2.24, 2.45) is 11.7 Å². The zero-order valence-corrected chi connectivity index (χ0v) is 8.10. The Morgan fingerprint density at radius 1 is 1.58 bits per heavy atom. The molecule has 1 fully saturated rings. The van der Waals surface area contributed by atoms with Crippen LogP contribution < -0.4 is 5.73 Å². The molecular formula is C8H16ClNO2. The number of halogens is 1. The molecule has 0 spiro atoms. The molecule has 0 aromatic carbocycles. The molecule has 0 heterocycles. The lowest BCUT2D eigenvalue weighted by molar-refractivity contribution is -0.141. The van der Waals surface area contributed by atoms with E-state index in [-0.39, 0.29) is 24.4 Å². The maximum Gasteiger partial charge on any atom is 0.305 e. The van der Waals surface area contributed by atoms with Crippen molar-refractivity contribution in [3.05, 3.63) is 0 Å². The number of hydrogen-bond donors (Lipinski definition) is 1. The van der Waals surface area contributed by atoms with E-state index in [2.05, 4.69) is 4.74 Å². The molecule has 1 saturated carbocycles. The predicted octanol–water partition coefficient (Wildman–Crippen LogP) is 1.10. The maximum absolute atomic E-state index is 10.8. The van der Waals surface area contributed by atoms with Crippen LogP contribution in [0.5, 0.6) is 0 Å². The summed E-state index contributed by atoms with van der Waals surface area (Å²) in [5, 5.41) is 0. The van der Waals surface area contributed by atoms with Gasteiger partial charge in [0.1, 0.15) is 0 Å². The summed E-state index contributed by atoms with van der Waals surface area (Å²) < 4.78 is 4.57. The van der Waals surface area contributed by atoms with Crippen molar-refractivity contribution in [2.75, 3.05) is 7.11 Å². The molecule has 3 nitrogen and oxygen atoms in total. The van der Waals surface area contributed by atoms with Crippen LogP contribution in [0.15, 0.2) is 0 Å². The monoisotopic (exact) mass is 193 g/mol. The van der Waals surface area contributed by atoms with Gasteiger partial charge in [-0.25, -0.2) is 0 Å². The second kappa shape index (κ2) is 5.38. The minimum atomic E-state index is -0.132. The normalized spacial score (nSPS) is 27.8. The van der Waals surface area contributed by atoms with Gasteiger partial charge in [-0.2, -0.15) is 0 Å². The Morgan fingerprint density at radius 2 is 2.25 bits per heavy atom. The van der Waals surface area contributed by atoms with Crippen molar-refractivity contribution in [2.45, 2.75) is 31.7 Å². The van der Waals surface area contributed by atoms with E-state index < -0.39 is 0 Å². The molecule has 12 heavy (non-hydrogen) atoms. The van der Waals surface area contributed by atoms with Crippen LogP contribution in [-0.4, -0.2) is 19.1 Å². The summed E-state index contributed by atoms with van der Waals surface area (Å²) in [6, 6.07) is 0.217. The second-order valence-corrected chi connectivity index (χ2v) is 3.14. The Morgan fingerprint density at radius 3 is 2.67 bits per heavy atom. The van der Waals surface area contributed by atoms with Gasteiger partial charge in [0, 0.05) is 12.5 Å². The SMILES string of the molecule is COC(=O)C[C@@H]1CCC[C@H]1N.Cl. The van der Waals surface area contributed by atoms with Crippen LogP contribution in [0.4, 0.5) is 0 Å². The highest BCUT2D eigenvalue weighted by Gasteiger charge is 2.26. The molecular weight excluding hydrogens is 178 g/mol. The Bertz CT molecular complexity index is 152. The molecule has 1 rings (SSSR count). The summed E-state index contributed by atoms with van der Waals surface area (Å²) in [4.78, 5) is 10.8. The van der Waals surface area contributed by atoms with Crippen LogP contribution in [0.3, 0.4) is 0 Å². The number of hydrogen-bond acceptors (Lipinski definition) is 3. The minimum absolute atomic E-state index is 0. The van der Waals surface area contributed by atoms with Gasteiger partial charge in [0.05, 0.1) is 7.11 Å². The lowest BCUT2D eigenvalue weighted by Crippen LogP contribution is -2.26. The Balaban J connectivity index is 0.00000121. The van der Waals surface area contributed by atoms with Crippen LogP contribution in [0.2, 0.25) is 0 Å². The highest BCUT2D eigenvalue weighted by molar-refractivity contribution is 5.85. The Kier molecular flexibility index (Phi) is 5.25. The van der Waals surface area contributed by atoms with E-state index in [1.54, 1.807) is 0 Å². The fourth-order valence-corrected chi connectivity index (χ4v) is 1.62. The van der Waals surface area contributed by atoms with Crippen molar-refractivity contribution in [3.8, 4) is 0 Å². The molecule has 2 atom stereocenters. The van der Waals surface area contributed by atoms with Crippen LogP contribution in [-0.2, 0) is 9.53 Å². The summed E-state index contributed by atoms with van der Waals surface area (Å²) in [7, 11) is 1.42. The summed E-state index contributed by atoms with van der Waals surface area (Å²) in [5.41, 5.74) is 5.77. The van der Waals surface area contributed by atoms with Crippen molar-refractivity contribution in [3.63, 3.8) is 0 Å². The van der Waals surface area contributed by atoms with Gasteiger partial charge in [-0.05, 0) is 18.8 Å². The summed E-state index contributed by atoms with van der Waals surface area (Å²) in [6.07, 6.45) is 3.79. The lowest BCUT2D eigenvalue weighted by atomic mass is 10.0. The molecule has 1 aliphatic rings. The fourth-order valence-electron chi connectivity index (χ4n) is 1.62. The number of nitrogens with two attached hydrogens (primary N) is 1. The summed E-state index contributed by atoms with van der Waals surface area (Å²) in [5.74, 6) is 0.231. The highest BCUT2D eigenvalue weighted by Crippen LogP contribution is 2.26. The van der Waals surface area contributed by atoms with E-state index in [4.69, 9.17) is 5.73 Å². The third-order valence-corrected chi connectivity index (χ3v) is 2.37. The molecule has 0 aromatic heterocycles. The minimum Gasteiger partial charge on any atom is -0.469 e. The lowest BCUT2D eigenvalue weighted by Gasteiger charge is -2.12. The number of esters is 1. The largest absolute Gasteiger partial charge is 0.469 e. The molecule has 2 N–H and O–H groups in total. The van der Waals surface area contributed by atoms with Crippen molar-refractivity contribution >= 4 is 18.4 Å².